The number of aromatic nitrogens is 7. The van der Waals surface area contributed by atoms with Gasteiger partial charge in [0.15, 0.2) is 5.65 Å². The highest BCUT2D eigenvalue weighted by Crippen LogP contribution is 2.27. The first-order chi connectivity index (χ1) is 12.7. The van der Waals surface area contributed by atoms with Crippen LogP contribution in [0.4, 0.5) is 11.6 Å². The van der Waals surface area contributed by atoms with E-state index >= 15 is 0 Å². The molecule has 1 aromatic carbocycles. The number of nitrogens with two attached hydrogens (primary N) is 1. The number of hydrogen-bond acceptors (Lipinski definition) is 11. The summed E-state index contributed by atoms with van der Waals surface area (Å²) in [5, 5.41) is 28.5. The van der Waals surface area contributed by atoms with Gasteiger partial charge in [-0.15, -0.1) is 0 Å². The van der Waals surface area contributed by atoms with Gasteiger partial charge in [0.25, 0.3) is 0 Å². The first-order valence-corrected chi connectivity index (χ1v) is 7.60. The Balaban J connectivity index is 1.63. The Labute approximate surface area is 143 Å². The van der Waals surface area contributed by atoms with Gasteiger partial charge in [0.1, 0.15) is 11.7 Å². The molecule has 0 aliphatic heterocycles. The number of benzene rings is 1. The molecule has 4 aromatic heterocycles. The average Bonchev–Trinajstić information content (AvgIpc) is 3.33. The highest BCUT2D eigenvalue weighted by molar-refractivity contribution is 6.05. The van der Waals surface area contributed by atoms with Gasteiger partial charge in [-0.25, -0.2) is 19.2 Å². The van der Waals surface area contributed by atoms with Gasteiger partial charge in [0.05, 0.1) is 12.1 Å². The molecular weight excluding hydrogens is 342 g/mol. The molecule has 4 N–H and O–H groups in total. The van der Waals surface area contributed by atoms with E-state index in [0.29, 0.717) is 16.8 Å². The van der Waals surface area contributed by atoms with Crippen molar-refractivity contribution in [3.8, 4) is 0 Å². The monoisotopic (exact) mass is 353 g/mol. The first-order valence-electron chi connectivity index (χ1n) is 7.60. The summed E-state index contributed by atoms with van der Waals surface area (Å²) in [6.07, 6.45) is -1.03. The van der Waals surface area contributed by atoms with Gasteiger partial charge in [-0.05, 0) is 26.7 Å². The predicted octanol–water partition coefficient (Wildman–Crippen LogP) is 0.516. The van der Waals surface area contributed by atoms with Crippen LogP contribution in [0.1, 0.15) is 0 Å². The Hall–Kier alpha value is -3.80. The van der Waals surface area contributed by atoms with Gasteiger partial charge in [-0.3, -0.25) is 0 Å². The number of nitrogen functional groups attached to an aromatic ring is 1. The van der Waals surface area contributed by atoms with Crippen LogP contribution in [0, 0.1) is 0 Å². The Bertz CT molecular complexity index is 1240. The van der Waals surface area contributed by atoms with Gasteiger partial charge in [0.2, 0.25) is 22.9 Å². The van der Waals surface area contributed by atoms with Crippen molar-refractivity contribution < 1.29 is 14.4 Å². The van der Waals surface area contributed by atoms with Gasteiger partial charge in [-0.2, -0.15) is 0 Å². The highest BCUT2D eigenvalue weighted by Gasteiger charge is 2.19. The number of nitrogens with zero attached hydrogens (tertiary/aromatic N) is 7. The van der Waals surface area contributed by atoms with Crippen LogP contribution in [-0.2, 0) is 6.54 Å². The van der Waals surface area contributed by atoms with Gasteiger partial charge < -0.3 is 20.7 Å². The maximum absolute atomic E-state index is 10.4. The molecule has 0 aliphatic carbocycles. The van der Waals surface area contributed by atoms with Crippen molar-refractivity contribution in [1.29, 1.82) is 0 Å². The first kappa shape index (κ1) is 14.5. The summed E-state index contributed by atoms with van der Waals surface area (Å²) >= 11 is 0. The summed E-state index contributed by atoms with van der Waals surface area (Å²) in [7, 11) is 0. The van der Waals surface area contributed by atoms with E-state index < -0.39 is 6.23 Å². The molecule has 1 atom stereocenters. The molecule has 4 heterocycles. The van der Waals surface area contributed by atoms with E-state index in [1.165, 1.54) is 0 Å². The third-order valence-corrected chi connectivity index (χ3v) is 3.97. The Kier molecular flexibility index (Phi) is 2.99. The molecule has 1 unspecified atom stereocenters. The third kappa shape index (κ3) is 2.12. The maximum atomic E-state index is 10.4. The van der Waals surface area contributed by atoms with Crippen molar-refractivity contribution in [2.45, 2.75) is 12.8 Å². The zero-order chi connectivity index (χ0) is 17.7. The zero-order valence-electron chi connectivity index (χ0n) is 13.1. The van der Waals surface area contributed by atoms with Crippen molar-refractivity contribution >= 4 is 45.0 Å². The normalized spacial score (nSPS) is 13.0. The minimum atomic E-state index is -1.03. The summed E-state index contributed by atoms with van der Waals surface area (Å²) < 4.78 is 11.0. The Morgan fingerprint density at radius 3 is 2.65 bits per heavy atom. The Morgan fingerprint density at radius 2 is 1.85 bits per heavy atom. The second-order valence-corrected chi connectivity index (χ2v) is 5.59. The molecule has 0 radical (unpaired) electrons. The van der Waals surface area contributed by atoms with Crippen LogP contribution in [-0.4, -0.2) is 46.5 Å². The molecule has 0 saturated heterocycles. The van der Waals surface area contributed by atoms with E-state index in [1.807, 2.05) is 28.8 Å². The van der Waals surface area contributed by atoms with Crippen LogP contribution in [0.15, 0.2) is 33.5 Å². The van der Waals surface area contributed by atoms with Crippen LogP contribution in [0.5, 0.6) is 0 Å². The van der Waals surface area contributed by atoms with Crippen molar-refractivity contribution in [2.24, 2.45) is 0 Å². The molecule has 0 spiro atoms. The van der Waals surface area contributed by atoms with Crippen LogP contribution in [0.3, 0.4) is 0 Å². The molecular formula is C14H11N9O3. The number of rotatable bonds is 4. The molecule has 12 nitrogen and oxygen atoms in total. The second-order valence-electron chi connectivity index (χ2n) is 5.59. The van der Waals surface area contributed by atoms with Crippen molar-refractivity contribution in [2.75, 3.05) is 11.1 Å². The van der Waals surface area contributed by atoms with Crippen molar-refractivity contribution in [3.05, 3.63) is 24.3 Å². The molecule has 0 fully saturated rings. The predicted molar refractivity (Wildman–Crippen MR) is 88.7 cm³/mol. The standard InChI is InChI=1S/C14H11N9O3/c15-10-11(20-25-19-10)16-8(24)5-23-7-4-2-1-3-6(7)9-14(23)18-13-12(17-9)21-26-22-13/h1-4,8,24H,5H2,(H2,15,19)(H,16,20). The summed E-state index contributed by atoms with van der Waals surface area (Å²) in [4.78, 5) is 8.94. The minimum Gasteiger partial charge on any atom is -0.378 e. The van der Waals surface area contributed by atoms with Crippen LogP contribution < -0.4 is 11.1 Å². The Morgan fingerprint density at radius 1 is 1.08 bits per heavy atom. The summed E-state index contributed by atoms with van der Waals surface area (Å²) in [6, 6.07) is 7.62. The molecule has 0 bridgehead atoms. The summed E-state index contributed by atoms with van der Waals surface area (Å²) in [5.74, 6) is 0.217. The van der Waals surface area contributed by atoms with Crippen molar-refractivity contribution in [1.82, 2.24) is 35.2 Å². The number of nitrogens with one attached hydrogen (secondary N) is 1. The van der Waals surface area contributed by atoms with E-state index in [1.54, 1.807) is 0 Å². The van der Waals surface area contributed by atoms with E-state index in [2.05, 4.69) is 45.2 Å². The quantitative estimate of drug-likeness (QED) is 0.385. The number of hydrogen-bond donors (Lipinski definition) is 3. The molecule has 0 amide bonds. The lowest BCUT2D eigenvalue weighted by molar-refractivity contribution is 0.183. The average molecular weight is 353 g/mol. The molecule has 0 saturated carbocycles. The fourth-order valence-corrected chi connectivity index (χ4v) is 2.88. The largest absolute Gasteiger partial charge is 0.378 e. The lowest BCUT2D eigenvalue weighted by atomic mass is 10.2. The maximum Gasteiger partial charge on any atom is 0.245 e. The van der Waals surface area contributed by atoms with Crippen molar-refractivity contribution in [3.63, 3.8) is 0 Å². The van der Waals surface area contributed by atoms with Crippen LogP contribution in [0.25, 0.3) is 33.4 Å². The number of anilines is 2. The SMILES string of the molecule is Nc1nonc1NC(O)Cn1c2ccccc2c2nc3nonc3nc21. The number of aliphatic hydroxyl groups is 1. The summed E-state index contributed by atoms with van der Waals surface area (Å²) in [6.45, 7) is 0.141. The smallest absolute Gasteiger partial charge is 0.245 e. The molecule has 5 aromatic rings. The van der Waals surface area contributed by atoms with E-state index in [0.717, 1.165) is 10.9 Å². The fraction of sp³-hybridized carbons (Fsp3) is 0.143. The topological polar surface area (TPSA) is 167 Å². The highest BCUT2D eigenvalue weighted by atomic mass is 16.6. The molecule has 26 heavy (non-hydrogen) atoms. The van der Waals surface area contributed by atoms with Crippen LogP contribution in [0.2, 0.25) is 0 Å². The summed E-state index contributed by atoms with van der Waals surface area (Å²) in [5.41, 5.74) is 8.23. The fourth-order valence-electron chi connectivity index (χ4n) is 2.88. The lowest BCUT2D eigenvalue weighted by Gasteiger charge is -2.14. The van der Waals surface area contributed by atoms with E-state index in [4.69, 9.17) is 5.73 Å². The zero-order valence-corrected chi connectivity index (χ0v) is 13.1. The van der Waals surface area contributed by atoms with Gasteiger partial charge in [0, 0.05) is 5.39 Å². The van der Waals surface area contributed by atoms with Gasteiger partial charge in [-0.1, -0.05) is 18.2 Å². The molecule has 0 aliphatic rings. The number of para-hydroxylation sites is 1. The number of aliphatic hydroxyl groups excluding tert-OH is 1. The minimum absolute atomic E-state index is 0.0569. The van der Waals surface area contributed by atoms with Gasteiger partial charge >= 0.3 is 0 Å². The number of fused-ring (bicyclic) bond motifs is 4. The molecule has 5 rings (SSSR count). The van der Waals surface area contributed by atoms with E-state index in [-0.39, 0.29) is 23.8 Å². The second kappa shape index (κ2) is 5.35. The van der Waals surface area contributed by atoms with E-state index in [9.17, 15) is 5.11 Å². The van der Waals surface area contributed by atoms with Crippen LogP contribution >= 0.6 is 0 Å². The lowest BCUT2D eigenvalue weighted by Crippen LogP contribution is -2.25. The third-order valence-electron chi connectivity index (χ3n) is 3.97. The molecule has 130 valence electrons. The molecule has 12 heteroatoms.